The summed E-state index contributed by atoms with van der Waals surface area (Å²) in [5, 5.41) is 22.7. The molecule has 1 unspecified atom stereocenters. The van der Waals surface area contributed by atoms with E-state index in [0.29, 0.717) is 24.0 Å². The Kier molecular flexibility index (Phi) is 4.10. The molecule has 1 aliphatic rings. The van der Waals surface area contributed by atoms with Crippen molar-refractivity contribution >= 4 is 5.69 Å². The maximum Gasteiger partial charge on any atom is 0.271 e. The number of rotatable bonds is 4. The Hall–Kier alpha value is -2.35. The molecule has 1 fully saturated rings. The van der Waals surface area contributed by atoms with Crippen molar-refractivity contribution in [1.29, 1.82) is 0 Å². The third-order valence-corrected chi connectivity index (χ3v) is 3.93. The third-order valence-electron chi connectivity index (χ3n) is 3.93. The Bertz CT molecular complexity index is 671. The van der Waals surface area contributed by atoms with Crippen LogP contribution in [0.1, 0.15) is 25.6 Å². The Labute approximate surface area is 127 Å². The number of nitro benzene ring substituents is 1. The van der Waals surface area contributed by atoms with Gasteiger partial charge < -0.3 is 0 Å². The highest BCUT2D eigenvalue weighted by Crippen LogP contribution is 2.19. The van der Waals surface area contributed by atoms with E-state index in [0.717, 1.165) is 13.1 Å². The maximum atomic E-state index is 10.9. The van der Waals surface area contributed by atoms with Gasteiger partial charge in [0.05, 0.1) is 17.2 Å². The first-order valence-electron chi connectivity index (χ1n) is 7.38. The summed E-state index contributed by atoms with van der Waals surface area (Å²) in [5.41, 5.74) is 0.643. The van der Waals surface area contributed by atoms with E-state index in [4.69, 9.17) is 0 Å². The van der Waals surface area contributed by atoms with Crippen molar-refractivity contribution in [3.05, 3.63) is 40.2 Å². The molecule has 0 bridgehead atoms. The number of tetrazole rings is 1. The van der Waals surface area contributed by atoms with Gasteiger partial charge in [-0.15, -0.1) is 5.10 Å². The van der Waals surface area contributed by atoms with Crippen molar-refractivity contribution in [2.45, 2.75) is 26.3 Å². The SMILES string of the molecule is CC1CCCN(Cc2nnnn2-c2cccc([N+](=O)[O-])c2)C1. The summed E-state index contributed by atoms with van der Waals surface area (Å²) in [5.74, 6) is 1.38. The number of nitrogens with zero attached hydrogens (tertiary/aromatic N) is 6. The molecule has 3 rings (SSSR count). The van der Waals surface area contributed by atoms with Gasteiger partial charge in [-0.05, 0) is 41.8 Å². The van der Waals surface area contributed by atoms with Gasteiger partial charge in [0.15, 0.2) is 5.82 Å². The average molecular weight is 302 g/mol. The summed E-state index contributed by atoms with van der Waals surface area (Å²) in [7, 11) is 0. The van der Waals surface area contributed by atoms with Gasteiger partial charge >= 0.3 is 0 Å². The summed E-state index contributed by atoms with van der Waals surface area (Å²) in [4.78, 5) is 12.8. The minimum atomic E-state index is -0.417. The molecule has 0 aliphatic carbocycles. The van der Waals surface area contributed by atoms with Crippen LogP contribution in [0.25, 0.3) is 5.69 Å². The molecular formula is C14H18N6O2. The molecule has 1 aromatic heterocycles. The average Bonchev–Trinajstić information content (AvgIpc) is 2.95. The molecular weight excluding hydrogens is 284 g/mol. The van der Waals surface area contributed by atoms with Crippen LogP contribution in [0.15, 0.2) is 24.3 Å². The van der Waals surface area contributed by atoms with Gasteiger partial charge in [-0.1, -0.05) is 13.0 Å². The topological polar surface area (TPSA) is 90.0 Å². The van der Waals surface area contributed by atoms with Gasteiger partial charge in [-0.2, -0.15) is 4.68 Å². The predicted molar refractivity (Wildman–Crippen MR) is 79.5 cm³/mol. The molecule has 0 N–H and O–H groups in total. The summed E-state index contributed by atoms with van der Waals surface area (Å²) in [6.07, 6.45) is 2.44. The summed E-state index contributed by atoms with van der Waals surface area (Å²) in [6.45, 7) is 4.96. The van der Waals surface area contributed by atoms with Crippen LogP contribution in [-0.2, 0) is 6.54 Å². The van der Waals surface area contributed by atoms with Crippen LogP contribution in [0.3, 0.4) is 0 Å². The maximum absolute atomic E-state index is 10.9. The molecule has 0 amide bonds. The van der Waals surface area contributed by atoms with Crippen molar-refractivity contribution in [3.8, 4) is 5.69 Å². The Morgan fingerprint density at radius 3 is 3.09 bits per heavy atom. The van der Waals surface area contributed by atoms with Gasteiger partial charge in [-0.3, -0.25) is 15.0 Å². The van der Waals surface area contributed by atoms with Crippen LogP contribution >= 0.6 is 0 Å². The van der Waals surface area contributed by atoms with Crippen LogP contribution in [0.2, 0.25) is 0 Å². The molecule has 116 valence electrons. The zero-order valence-corrected chi connectivity index (χ0v) is 12.4. The van der Waals surface area contributed by atoms with E-state index in [1.165, 1.54) is 25.0 Å². The van der Waals surface area contributed by atoms with Gasteiger partial charge in [0.1, 0.15) is 0 Å². The molecule has 8 nitrogen and oxygen atoms in total. The number of hydrogen-bond acceptors (Lipinski definition) is 6. The number of aromatic nitrogens is 4. The number of non-ortho nitro benzene ring substituents is 1. The lowest BCUT2D eigenvalue weighted by atomic mass is 10.0. The van der Waals surface area contributed by atoms with Crippen molar-refractivity contribution < 1.29 is 4.92 Å². The summed E-state index contributed by atoms with van der Waals surface area (Å²) < 4.78 is 1.58. The van der Waals surface area contributed by atoms with E-state index in [9.17, 15) is 10.1 Å². The fourth-order valence-corrected chi connectivity index (χ4v) is 2.87. The van der Waals surface area contributed by atoms with Crippen molar-refractivity contribution in [2.75, 3.05) is 13.1 Å². The Balaban J connectivity index is 1.82. The zero-order chi connectivity index (χ0) is 15.5. The molecule has 1 aliphatic heterocycles. The van der Waals surface area contributed by atoms with Crippen LogP contribution in [-0.4, -0.2) is 43.1 Å². The van der Waals surface area contributed by atoms with E-state index in [-0.39, 0.29) is 5.69 Å². The minimum Gasteiger partial charge on any atom is -0.296 e. The highest BCUT2D eigenvalue weighted by molar-refractivity contribution is 5.42. The molecule has 0 spiro atoms. The zero-order valence-electron chi connectivity index (χ0n) is 12.4. The number of piperidine rings is 1. The lowest BCUT2D eigenvalue weighted by Crippen LogP contribution is -2.34. The molecule has 0 radical (unpaired) electrons. The van der Waals surface area contributed by atoms with E-state index in [1.807, 2.05) is 0 Å². The van der Waals surface area contributed by atoms with Gasteiger partial charge in [-0.25, -0.2) is 0 Å². The van der Waals surface area contributed by atoms with E-state index >= 15 is 0 Å². The van der Waals surface area contributed by atoms with Crippen LogP contribution in [0.5, 0.6) is 0 Å². The second kappa shape index (κ2) is 6.18. The summed E-state index contributed by atoms with van der Waals surface area (Å²) >= 11 is 0. The first-order valence-corrected chi connectivity index (χ1v) is 7.38. The fourth-order valence-electron chi connectivity index (χ4n) is 2.87. The van der Waals surface area contributed by atoms with Crippen molar-refractivity contribution in [2.24, 2.45) is 5.92 Å². The Morgan fingerprint density at radius 2 is 2.32 bits per heavy atom. The smallest absolute Gasteiger partial charge is 0.271 e. The Morgan fingerprint density at radius 1 is 1.45 bits per heavy atom. The highest BCUT2D eigenvalue weighted by atomic mass is 16.6. The number of likely N-dealkylation sites (tertiary alicyclic amines) is 1. The number of hydrogen-bond donors (Lipinski definition) is 0. The lowest BCUT2D eigenvalue weighted by Gasteiger charge is -2.30. The van der Waals surface area contributed by atoms with Crippen LogP contribution in [0, 0.1) is 16.0 Å². The monoisotopic (exact) mass is 302 g/mol. The number of benzene rings is 1. The molecule has 2 aromatic rings. The quantitative estimate of drug-likeness (QED) is 0.632. The van der Waals surface area contributed by atoms with E-state index in [2.05, 4.69) is 27.3 Å². The van der Waals surface area contributed by atoms with E-state index in [1.54, 1.807) is 16.8 Å². The second-order valence-electron chi connectivity index (χ2n) is 5.77. The van der Waals surface area contributed by atoms with Gasteiger partial charge in [0.2, 0.25) is 0 Å². The van der Waals surface area contributed by atoms with Crippen LogP contribution < -0.4 is 0 Å². The predicted octanol–water partition coefficient (Wildman–Crippen LogP) is 1.80. The van der Waals surface area contributed by atoms with Crippen molar-refractivity contribution in [1.82, 2.24) is 25.1 Å². The first kappa shape index (κ1) is 14.6. The molecule has 1 atom stereocenters. The summed E-state index contributed by atoms with van der Waals surface area (Å²) in [6, 6.07) is 6.35. The van der Waals surface area contributed by atoms with Gasteiger partial charge in [0, 0.05) is 18.7 Å². The van der Waals surface area contributed by atoms with Crippen LogP contribution in [0.4, 0.5) is 5.69 Å². The molecule has 8 heteroatoms. The molecule has 0 saturated carbocycles. The lowest BCUT2D eigenvalue weighted by molar-refractivity contribution is -0.384. The van der Waals surface area contributed by atoms with Gasteiger partial charge in [0.25, 0.3) is 5.69 Å². The molecule has 2 heterocycles. The highest BCUT2D eigenvalue weighted by Gasteiger charge is 2.20. The fraction of sp³-hybridized carbons (Fsp3) is 0.500. The molecule has 22 heavy (non-hydrogen) atoms. The normalized spacial score (nSPS) is 19.2. The standard InChI is InChI=1S/C14H18N6O2/c1-11-4-3-7-18(9-11)10-14-15-16-17-19(14)12-5-2-6-13(8-12)20(21)22/h2,5-6,8,11H,3-4,7,9-10H2,1H3. The second-order valence-corrected chi connectivity index (χ2v) is 5.77. The third kappa shape index (κ3) is 3.11. The molecule has 1 saturated heterocycles. The van der Waals surface area contributed by atoms with Crippen molar-refractivity contribution in [3.63, 3.8) is 0 Å². The molecule has 1 aromatic carbocycles. The van der Waals surface area contributed by atoms with E-state index < -0.39 is 4.92 Å². The minimum absolute atomic E-state index is 0.0329. The largest absolute Gasteiger partial charge is 0.296 e. The first-order chi connectivity index (χ1) is 10.6. The number of nitro groups is 1.